The van der Waals surface area contributed by atoms with E-state index in [0.717, 1.165) is 11.1 Å². The summed E-state index contributed by atoms with van der Waals surface area (Å²) in [5.41, 5.74) is 3.09. The van der Waals surface area contributed by atoms with Crippen LogP contribution in [0.3, 0.4) is 0 Å². The van der Waals surface area contributed by atoms with Crippen molar-refractivity contribution in [2.45, 2.75) is 25.4 Å². The minimum atomic E-state index is -0.394. The van der Waals surface area contributed by atoms with E-state index in [4.69, 9.17) is 4.74 Å². The third-order valence-electron chi connectivity index (χ3n) is 8.27. The highest BCUT2D eigenvalue weighted by Gasteiger charge is 2.30. The monoisotopic (exact) mass is 573 g/mol. The summed E-state index contributed by atoms with van der Waals surface area (Å²) in [6, 6.07) is 26.0. The van der Waals surface area contributed by atoms with Crippen LogP contribution in [0.25, 0.3) is 21.8 Å². The Kier molecular flexibility index (Phi) is 7.43. The van der Waals surface area contributed by atoms with Crippen LogP contribution in [-0.2, 0) is 13.6 Å². The molecule has 1 N–H and O–H groups in total. The zero-order chi connectivity index (χ0) is 30.1. The number of amides is 1. The maximum Gasteiger partial charge on any atom is 0.272 e. The van der Waals surface area contributed by atoms with E-state index in [1.54, 1.807) is 35.9 Å². The Labute approximate surface area is 248 Å². The van der Waals surface area contributed by atoms with Crippen LogP contribution in [-0.4, -0.2) is 47.1 Å². The lowest BCUT2D eigenvalue weighted by atomic mass is 10.0. The Morgan fingerprint density at radius 3 is 2.37 bits per heavy atom. The SMILES string of the molecule is COc1c(C(=O)NC2CCN(c3ccccc3C#N)CC2)n(C)c2c1c(=O)n(CC(=O)c1ccccc1)c1ccccc21. The molecule has 0 atom stereocenters. The highest BCUT2D eigenvalue weighted by Crippen LogP contribution is 2.35. The predicted octanol–water partition coefficient (Wildman–Crippen LogP) is 4.66. The molecule has 1 aliphatic heterocycles. The summed E-state index contributed by atoms with van der Waals surface area (Å²) < 4.78 is 8.93. The molecule has 1 amide bonds. The van der Waals surface area contributed by atoms with Gasteiger partial charge < -0.3 is 19.5 Å². The molecule has 1 fully saturated rings. The Morgan fingerprint density at radius 2 is 1.65 bits per heavy atom. The molecule has 0 aliphatic carbocycles. The molecule has 216 valence electrons. The molecule has 43 heavy (non-hydrogen) atoms. The Bertz CT molecular complexity index is 1960. The van der Waals surface area contributed by atoms with Crippen molar-refractivity contribution in [2.75, 3.05) is 25.1 Å². The first-order valence-electron chi connectivity index (χ1n) is 14.2. The highest BCUT2D eigenvalue weighted by molar-refractivity contribution is 6.12. The Morgan fingerprint density at radius 1 is 0.977 bits per heavy atom. The number of pyridine rings is 1. The van der Waals surface area contributed by atoms with E-state index < -0.39 is 5.56 Å². The summed E-state index contributed by atoms with van der Waals surface area (Å²) in [5.74, 6) is -0.335. The number of nitriles is 1. The van der Waals surface area contributed by atoms with Gasteiger partial charge in [0.15, 0.2) is 17.2 Å². The summed E-state index contributed by atoms with van der Waals surface area (Å²) >= 11 is 0. The number of ketones is 1. The average molecular weight is 574 g/mol. The molecule has 0 radical (unpaired) electrons. The number of carbonyl (C=O) groups is 2. The van der Waals surface area contributed by atoms with Crippen molar-refractivity contribution in [2.24, 2.45) is 7.05 Å². The number of rotatable bonds is 7. The van der Waals surface area contributed by atoms with Crippen LogP contribution in [0.2, 0.25) is 0 Å². The van der Waals surface area contributed by atoms with Crippen molar-refractivity contribution in [1.82, 2.24) is 14.5 Å². The van der Waals surface area contributed by atoms with Crippen LogP contribution in [0.15, 0.2) is 83.7 Å². The molecule has 9 nitrogen and oxygen atoms in total. The fourth-order valence-corrected chi connectivity index (χ4v) is 6.16. The number of benzene rings is 3. The third-order valence-corrected chi connectivity index (χ3v) is 8.27. The molecule has 1 aliphatic rings. The van der Waals surface area contributed by atoms with Gasteiger partial charge >= 0.3 is 0 Å². The van der Waals surface area contributed by atoms with Crippen LogP contribution in [0.4, 0.5) is 5.69 Å². The maximum absolute atomic E-state index is 14.0. The summed E-state index contributed by atoms with van der Waals surface area (Å²) in [6.45, 7) is 1.24. The maximum atomic E-state index is 14.0. The first kappa shape index (κ1) is 27.8. The van der Waals surface area contributed by atoms with Gasteiger partial charge in [-0.3, -0.25) is 19.0 Å². The van der Waals surface area contributed by atoms with Crippen LogP contribution in [0.5, 0.6) is 5.75 Å². The van der Waals surface area contributed by atoms with E-state index in [1.165, 1.54) is 11.7 Å². The minimum absolute atomic E-state index is 0.0855. The number of methoxy groups -OCH3 is 1. The Hall–Kier alpha value is -5.36. The standard InChI is InChI=1S/C34H31N5O4/c1-37-30-25-13-7-9-15-27(25)39(21-28(40)22-10-4-3-5-11-22)34(42)29(30)32(43-2)31(37)33(41)36-24-16-18-38(19-17-24)26-14-8-6-12-23(26)20-35/h3-15,24H,16-19,21H2,1-2H3,(H,36,41). The number of aromatic nitrogens is 2. The number of hydrogen-bond acceptors (Lipinski definition) is 6. The quantitative estimate of drug-likeness (QED) is 0.284. The van der Waals surface area contributed by atoms with E-state index in [2.05, 4.69) is 16.3 Å². The molecule has 1 saturated heterocycles. The normalized spacial score (nSPS) is 13.7. The number of para-hydroxylation sites is 2. The van der Waals surface area contributed by atoms with E-state index in [1.807, 2.05) is 54.6 Å². The van der Waals surface area contributed by atoms with Gasteiger partial charge in [0.1, 0.15) is 11.5 Å². The lowest BCUT2D eigenvalue weighted by Gasteiger charge is -2.34. The van der Waals surface area contributed by atoms with Gasteiger partial charge in [-0.2, -0.15) is 5.26 Å². The van der Waals surface area contributed by atoms with E-state index in [-0.39, 0.29) is 41.1 Å². The van der Waals surface area contributed by atoms with E-state index in [9.17, 15) is 19.6 Å². The molecule has 9 heteroatoms. The molecular weight excluding hydrogens is 542 g/mol. The fourth-order valence-electron chi connectivity index (χ4n) is 6.16. The second-order valence-electron chi connectivity index (χ2n) is 10.7. The molecule has 5 aromatic rings. The van der Waals surface area contributed by atoms with Crippen LogP contribution >= 0.6 is 0 Å². The zero-order valence-electron chi connectivity index (χ0n) is 24.0. The smallest absolute Gasteiger partial charge is 0.272 e. The average Bonchev–Trinajstić information content (AvgIpc) is 3.36. The number of hydrogen-bond donors (Lipinski definition) is 1. The number of fused-ring (bicyclic) bond motifs is 3. The number of ether oxygens (including phenoxy) is 1. The van der Waals surface area contributed by atoms with Gasteiger partial charge in [0.25, 0.3) is 11.5 Å². The van der Waals surface area contributed by atoms with Crippen molar-refractivity contribution >= 4 is 39.2 Å². The number of nitrogens with one attached hydrogen (secondary N) is 1. The van der Waals surface area contributed by atoms with Crippen molar-refractivity contribution in [3.63, 3.8) is 0 Å². The predicted molar refractivity (Wildman–Crippen MR) is 166 cm³/mol. The molecule has 3 heterocycles. The molecule has 3 aromatic carbocycles. The van der Waals surface area contributed by atoms with Crippen molar-refractivity contribution in [3.05, 3.63) is 106 Å². The van der Waals surface area contributed by atoms with E-state index >= 15 is 0 Å². The van der Waals surface area contributed by atoms with Crippen LogP contribution in [0.1, 0.15) is 39.3 Å². The molecule has 0 spiro atoms. The molecule has 0 unspecified atom stereocenters. The third kappa shape index (κ3) is 4.91. The van der Waals surface area contributed by atoms with Gasteiger partial charge in [-0.05, 0) is 31.0 Å². The molecule has 6 rings (SSSR count). The Balaban J connectivity index is 1.34. The topological polar surface area (TPSA) is 109 Å². The van der Waals surface area contributed by atoms with Crippen LogP contribution in [0, 0.1) is 11.3 Å². The van der Waals surface area contributed by atoms with E-state index in [0.29, 0.717) is 48.1 Å². The summed E-state index contributed by atoms with van der Waals surface area (Å²) in [7, 11) is 3.21. The van der Waals surface area contributed by atoms with Gasteiger partial charge in [-0.25, -0.2) is 0 Å². The van der Waals surface area contributed by atoms with Gasteiger partial charge in [-0.15, -0.1) is 0 Å². The number of anilines is 1. The van der Waals surface area contributed by atoms with Crippen molar-refractivity contribution in [3.8, 4) is 11.8 Å². The molecule has 0 saturated carbocycles. The van der Waals surface area contributed by atoms with Gasteiger partial charge in [0.2, 0.25) is 0 Å². The molecular formula is C34H31N5O4. The number of carbonyl (C=O) groups excluding carboxylic acids is 2. The fraction of sp³-hybridized carbons (Fsp3) is 0.235. The number of piperidine rings is 1. The highest BCUT2D eigenvalue weighted by atomic mass is 16.5. The number of nitrogens with zero attached hydrogens (tertiary/aromatic N) is 4. The number of aryl methyl sites for hydroxylation is 1. The first-order valence-corrected chi connectivity index (χ1v) is 14.2. The zero-order valence-corrected chi connectivity index (χ0v) is 24.0. The summed E-state index contributed by atoms with van der Waals surface area (Å²) in [6.07, 6.45) is 1.41. The minimum Gasteiger partial charge on any atom is -0.493 e. The van der Waals surface area contributed by atoms with Gasteiger partial charge in [0.05, 0.1) is 35.9 Å². The van der Waals surface area contributed by atoms with Gasteiger partial charge in [0, 0.05) is 37.1 Å². The lowest BCUT2D eigenvalue weighted by Crippen LogP contribution is -2.45. The van der Waals surface area contributed by atoms with Crippen molar-refractivity contribution < 1.29 is 14.3 Å². The first-order chi connectivity index (χ1) is 20.9. The van der Waals surface area contributed by atoms with Crippen molar-refractivity contribution in [1.29, 1.82) is 5.26 Å². The summed E-state index contributed by atoms with van der Waals surface area (Å²) in [5, 5.41) is 13.6. The largest absolute Gasteiger partial charge is 0.493 e. The second-order valence-corrected chi connectivity index (χ2v) is 10.7. The summed E-state index contributed by atoms with van der Waals surface area (Å²) in [4.78, 5) is 43.2. The lowest BCUT2D eigenvalue weighted by molar-refractivity contribution is 0.0918. The molecule has 0 bridgehead atoms. The second kappa shape index (κ2) is 11.5. The molecule has 2 aromatic heterocycles. The van der Waals surface area contributed by atoms with Gasteiger partial charge in [-0.1, -0.05) is 60.7 Å². The number of Topliss-reactive ketones (excluding diaryl/α,β-unsaturated/α-hetero) is 1. The van der Waals surface area contributed by atoms with Crippen LogP contribution < -0.4 is 20.5 Å².